The van der Waals surface area contributed by atoms with E-state index in [4.69, 9.17) is 0 Å². The molecule has 3 aliphatic carbocycles. The molecule has 0 radical (unpaired) electrons. The van der Waals surface area contributed by atoms with Gasteiger partial charge < -0.3 is 5.32 Å². The lowest BCUT2D eigenvalue weighted by molar-refractivity contribution is -0.00868. The Balaban J connectivity index is 1.74. The normalized spacial score (nSPS) is 30.1. The van der Waals surface area contributed by atoms with Gasteiger partial charge in [0.2, 0.25) is 0 Å². The standard InChI is InChI=1S/C16H27N/c1-17-13-16(14-7-3-2-4-8-14)11-15(12-16)9-5-6-10-15/h7,17H,2-6,8-13H2,1H3. The summed E-state index contributed by atoms with van der Waals surface area (Å²) in [4.78, 5) is 0. The maximum atomic E-state index is 3.47. The summed E-state index contributed by atoms with van der Waals surface area (Å²) in [6, 6.07) is 0. The third-order valence-corrected chi connectivity index (χ3v) is 5.58. The minimum atomic E-state index is 0.569. The molecule has 0 aromatic heterocycles. The Morgan fingerprint density at radius 2 is 1.88 bits per heavy atom. The first kappa shape index (κ1) is 11.8. The smallest absolute Gasteiger partial charge is 0.00471 e. The second-order valence-electron chi connectivity index (χ2n) is 6.85. The summed E-state index contributed by atoms with van der Waals surface area (Å²) >= 11 is 0. The number of rotatable bonds is 3. The van der Waals surface area contributed by atoms with Crippen molar-refractivity contribution in [1.29, 1.82) is 0 Å². The van der Waals surface area contributed by atoms with E-state index in [1.165, 1.54) is 70.8 Å². The molecule has 3 rings (SSSR count). The lowest BCUT2D eigenvalue weighted by Crippen LogP contribution is -2.51. The molecule has 1 N–H and O–H groups in total. The molecule has 3 aliphatic rings. The van der Waals surface area contributed by atoms with Gasteiger partial charge in [0.05, 0.1) is 0 Å². The molecule has 96 valence electrons. The van der Waals surface area contributed by atoms with Gasteiger partial charge in [-0.3, -0.25) is 0 Å². The van der Waals surface area contributed by atoms with Gasteiger partial charge in [-0.25, -0.2) is 0 Å². The van der Waals surface area contributed by atoms with Crippen LogP contribution in [0.25, 0.3) is 0 Å². The maximum absolute atomic E-state index is 3.47. The molecule has 0 bridgehead atoms. The summed E-state index contributed by atoms with van der Waals surface area (Å²) in [6.07, 6.45) is 17.2. The Kier molecular flexibility index (Phi) is 3.06. The predicted molar refractivity (Wildman–Crippen MR) is 73.0 cm³/mol. The van der Waals surface area contributed by atoms with Crippen molar-refractivity contribution in [2.24, 2.45) is 10.8 Å². The fourth-order valence-corrected chi connectivity index (χ4v) is 4.99. The minimum absolute atomic E-state index is 0.569. The highest BCUT2D eigenvalue weighted by Crippen LogP contribution is 2.65. The summed E-state index contributed by atoms with van der Waals surface area (Å²) in [6.45, 7) is 1.22. The summed E-state index contributed by atoms with van der Waals surface area (Å²) in [7, 11) is 2.13. The summed E-state index contributed by atoms with van der Waals surface area (Å²) < 4.78 is 0. The van der Waals surface area contributed by atoms with Crippen molar-refractivity contribution >= 4 is 0 Å². The van der Waals surface area contributed by atoms with Crippen LogP contribution in [0.15, 0.2) is 11.6 Å². The third-order valence-electron chi connectivity index (χ3n) is 5.58. The first-order valence-corrected chi connectivity index (χ1v) is 7.63. The Bertz CT molecular complexity index is 301. The molecule has 1 spiro atoms. The quantitative estimate of drug-likeness (QED) is 0.725. The average Bonchev–Trinajstić information content (AvgIpc) is 2.78. The van der Waals surface area contributed by atoms with Crippen LogP contribution >= 0.6 is 0 Å². The van der Waals surface area contributed by atoms with Crippen LogP contribution in [-0.2, 0) is 0 Å². The van der Waals surface area contributed by atoms with Crippen LogP contribution in [0.4, 0.5) is 0 Å². The highest BCUT2D eigenvalue weighted by molar-refractivity contribution is 5.25. The SMILES string of the molecule is CNCC1(C2=CCCCC2)CC2(CCCC2)C1. The Hall–Kier alpha value is -0.300. The second-order valence-corrected chi connectivity index (χ2v) is 6.85. The van der Waals surface area contributed by atoms with Gasteiger partial charge in [-0.2, -0.15) is 0 Å². The van der Waals surface area contributed by atoms with Crippen molar-refractivity contribution in [2.45, 2.75) is 64.2 Å². The van der Waals surface area contributed by atoms with Gasteiger partial charge in [-0.15, -0.1) is 0 Å². The van der Waals surface area contributed by atoms with Gasteiger partial charge in [0, 0.05) is 12.0 Å². The summed E-state index contributed by atoms with van der Waals surface area (Å²) in [5, 5.41) is 3.47. The molecule has 0 unspecified atom stereocenters. The van der Waals surface area contributed by atoms with Crippen molar-refractivity contribution < 1.29 is 0 Å². The molecule has 2 saturated carbocycles. The van der Waals surface area contributed by atoms with E-state index in [2.05, 4.69) is 18.4 Å². The highest BCUT2D eigenvalue weighted by atomic mass is 14.9. The van der Waals surface area contributed by atoms with Crippen LogP contribution in [0.2, 0.25) is 0 Å². The van der Waals surface area contributed by atoms with E-state index in [0.717, 1.165) is 5.41 Å². The monoisotopic (exact) mass is 233 g/mol. The van der Waals surface area contributed by atoms with Crippen molar-refractivity contribution in [3.8, 4) is 0 Å². The van der Waals surface area contributed by atoms with E-state index >= 15 is 0 Å². The Morgan fingerprint density at radius 1 is 1.12 bits per heavy atom. The number of hydrogen-bond donors (Lipinski definition) is 1. The Labute approximate surface area is 106 Å². The van der Waals surface area contributed by atoms with Crippen LogP contribution in [0.1, 0.15) is 64.2 Å². The van der Waals surface area contributed by atoms with Gasteiger partial charge in [-0.1, -0.05) is 24.5 Å². The highest BCUT2D eigenvalue weighted by Gasteiger charge is 2.55. The maximum Gasteiger partial charge on any atom is 0.00471 e. The van der Waals surface area contributed by atoms with Crippen molar-refractivity contribution in [3.05, 3.63) is 11.6 Å². The average molecular weight is 233 g/mol. The first-order chi connectivity index (χ1) is 8.29. The van der Waals surface area contributed by atoms with Gasteiger partial charge in [0.1, 0.15) is 0 Å². The van der Waals surface area contributed by atoms with Crippen LogP contribution in [-0.4, -0.2) is 13.6 Å². The topological polar surface area (TPSA) is 12.0 Å². The van der Waals surface area contributed by atoms with Crippen LogP contribution in [0.3, 0.4) is 0 Å². The number of nitrogens with one attached hydrogen (secondary N) is 1. The van der Waals surface area contributed by atoms with Gasteiger partial charge in [-0.05, 0) is 63.8 Å². The molecular formula is C16H27N. The lowest BCUT2D eigenvalue weighted by Gasteiger charge is -2.57. The minimum Gasteiger partial charge on any atom is -0.319 e. The zero-order valence-corrected chi connectivity index (χ0v) is 11.4. The van der Waals surface area contributed by atoms with Crippen LogP contribution < -0.4 is 5.32 Å². The van der Waals surface area contributed by atoms with Gasteiger partial charge in [0.25, 0.3) is 0 Å². The molecule has 17 heavy (non-hydrogen) atoms. The molecule has 0 aliphatic heterocycles. The van der Waals surface area contributed by atoms with E-state index in [0.29, 0.717) is 5.41 Å². The van der Waals surface area contributed by atoms with E-state index < -0.39 is 0 Å². The van der Waals surface area contributed by atoms with Crippen LogP contribution in [0.5, 0.6) is 0 Å². The molecule has 0 aromatic carbocycles. The molecule has 0 aromatic rings. The molecule has 0 atom stereocenters. The fraction of sp³-hybridized carbons (Fsp3) is 0.875. The molecule has 1 heteroatoms. The van der Waals surface area contributed by atoms with Gasteiger partial charge >= 0.3 is 0 Å². The molecule has 0 amide bonds. The van der Waals surface area contributed by atoms with E-state index in [1.54, 1.807) is 0 Å². The molecule has 0 heterocycles. The second kappa shape index (κ2) is 4.42. The van der Waals surface area contributed by atoms with E-state index in [9.17, 15) is 0 Å². The summed E-state index contributed by atoms with van der Waals surface area (Å²) in [5.74, 6) is 0. The van der Waals surface area contributed by atoms with Crippen molar-refractivity contribution in [3.63, 3.8) is 0 Å². The van der Waals surface area contributed by atoms with Crippen LogP contribution in [0, 0.1) is 10.8 Å². The predicted octanol–water partition coefficient (Wildman–Crippen LogP) is 4.05. The summed E-state index contributed by atoms with van der Waals surface area (Å²) in [5.41, 5.74) is 3.16. The van der Waals surface area contributed by atoms with E-state index in [-0.39, 0.29) is 0 Å². The lowest BCUT2D eigenvalue weighted by atomic mass is 9.48. The largest absolute Gasteiger partial charge is 0.319 e. The zero-order valence-electron chi connectivity index (χ0n) is 11.4. The Morgan fingerprint density at radius 3 is 2.47 bits per heavy atom. The third kappa shape index (κ3) is 1.97. The first-order valence-electron chi connectivity index (χ1n) is 7.63. The molecular weight excluding hydrogens is 206 g/mol. The molecule has 0 saturated heterocycles. The molecule has 2 fully saturated rings. The van der Waals surface area contributed by atoms with Crippen molar-refractivity contribution in [2.75, 3.05) is 13.6 Å². The number of allylic oxidation sites excluding steroid dienone is 1. The zero-order chi connectivity index (χ0) is 11.8. The van der Waals surface area contributed by atoms with Gasteiger partial charge in [0.15, 0.2) is 0 Å². The van der Waals surface area contributed by atoms with Crippen molar-refractivity contribution in [1.82, 2.24) is 5.32 Å². The number of hydrogen-bond acceptors (Lipinski definition) is 1. The fourth-order valence-electron chi connectivity index (χ4n) is 4.99. The van der Waals surface area contributed by atoms with E-state index in [1.807, 2.05) is 5.57 Å². The molecule has 1 nitrogen and oxygen atoms in total.